The second-order valence-corrected chi connectivity index (χ2v) is 10.3. The number of hydrogen-bond acceptors (Lipinski definition) is 2. The van der Waals surface area contributed by atoms with Crippen molar-refractivity contribution in [2.45, 2.75) is 64.4 Å². The van der Waals surface area contributed by atoms with Crippen molar-refractivity contribution in [1.29, 1.82) is 0 Å². The minimum Gasteiger partial charge on any atom is -0.207 e. The van der Waals surface area contributed by atoms with Gasteiger partial charge in [-0.2, -0.15) is 4.31 Å². The zero-order valence-corrected chi connectivity index (χ0v) is 18.4. The van der Waals surface area contributed by atoms with E-state index in [0.717, 1.165) is 40.7 Å². The Bertz CT molecular complexity index is 954. The van der Waals surface area contributed by atoms with Crippen LogP contribution in [-0.4, -0.2) is 24.8 Å². The second-order valence-electron chi connectivity index (χ2n) is 8.49. The molecule has 0 amide bonds. The van der Waals surface area contributed by atoms with Gasteiger partial charge in [-0.3, -0.25) is 0 Å². The van der Waals surface area contributed by atoms with Crippen LogP contribution in [0.25, 0.3) is 5.57 Å². The Balaban J connectivity index is 2.04. The number of rotatable bonds is 6. The third-order valence-corrected chi connectivity index (χ3v) is 7.86. The van der Waals surface area contributed by atoms with Crippen LogP contribution < -0.4 is 0 Å². The molecule has 0 bridgehead atoms. The van der Waals surface area contributed by atoms with Gasteiger partial charge in [0.15, 0.2) is 0 Å². The van der Waals surface area contributed by atoms with Crippen molar-refractivity contribution in [3.63, 3.8) is 0 Å². The van der Waals surface area contributed by atoms with Crippen LogP contribution in [0.4, 0.5) is 0 Å². The van der Waals surface area contributed by atoms with Crippen molar-refractivity contribution < 1.29 is 8.42 Å². The third kappa shape index (κ3) is 3.81. The Kier molecular flexibility index (Phi) is 5.83. The van der Waals surface area contributed by atoms with Gasteiger partial charge in [0.05, 0.1) is 10.9 Å². The quantitative estimate of drug-likeness (QED) is 0.645. The van der Waals surface area contributed by atoms with Gasteiger partial charge < -0.3 is 0 Å². The van der Waals surface area contributed by atoms with Crippen LogP contribution in [0.5, 0.6) is 0 Å². The highest BCUT2D eigenvalue weighted by atomic mass is 32.2. The highest BCUT2D eigenvalue weighted by molar-refractivity contribution is 7.89. The summed E-state index contributed by atoms with van der Waals surface area (Å²) in [6, 6.07) is 13.7. The van der Waals surface area contributed by atoms with Gasteiger partial charge in [-0.25, -0.2) is 8.42 Å². The van der Waals surface area contributed by atoms with E-state index < -0.39 is 10.0 Å². The molecule has 0 aromatic heterocycles. The predicted molar refractivity (Wildman–Crippen MR) is 117 cm³/mol. The van der Waals surface area contributed by atoms with Gasteiger partial charge in [0.2, 0.25) is 10.0 Å². The first kappa shape index (κ1) is 20.8. The second kappa shape index (κ2) is 7.84. The SMILES string of the molecule is C=C(c1ccccc1)[C@H]1C[C@H](CC(C)C)N1S(=O)(=O)c1c(C)cc(C)cc1C. The van der Waals surface area contributed by atoms with Crippen LogP contribution in [0.3, 0.4) is 0 Å². The molecule has 0 aliphatic carbocycles. The predicted octanol–water partition coefficient (Wildman–Crippen LogP) is 5.50. The normalized spacial score (nSPS) is 20.2. The molecular formula is C24H31NO2S. The Labute approximate surface area is 170 Å². The van der Waals surface area contributed by atoms with E-state index in [1.807, 2.05) is 63.2 Å². The molecule has 0 radical (unpaired) electrons. The third-order valence-electron chi connectivity index (χ3n) is 5.59. The molecule has 150 valence electrons. The number of sulfonamides is 1. The van der Waals surface area contributed by atoms with Crippen molar-refractivity contribution >= 4 is 15.6 Å². The Morgan fingerprint density at radius 1 is 1.11 bits per heavy atom. The summed E-state index contributed by atoms with van der Waals surface area (Å²) < 4.78 is 29.3. The van der Waals surface area contributed by atoms with E-state index in [4.69, 9.17) is 0 Å². The van der Waals surface area contributed by atoms with Gasteiger partial charge in [-0.15, -0.1) is 0 Å². The van der Waals surface area contributed by atoms with E-state index in [9.17, 15) is 8.42 Å². The molecule has 1 aliphatic heterocycles. The minimum absolute atomic E-state index is 0.0237. The molecule has 2 atom stereocenters. The summed E-state index contributed by atoms with van der Waals surface area (Å²) in [6.45, 7) is 14.4. The van der Waals surface area contributed by atoms with Crippen LogP contribution in [-0.2, 0) is 10.0 Å². The van der Waals surface area contributed by atoms with Crippen LogP contribution in [0, 0.1) is 26.7 Å². The van der Waals surface area contributed by atoms with Crippen LogP contribution in [0.15, 0.2) is 53.9 Å². The lowest BCUT2D eigenvalue weighted by Gasteiger charge is -2.49. The largest absolute Gasteiger partial charge is 0.244 e. The molecule has 1 heterocycles. The molecule has 3 nitrogen and oxygen atoms in total. The fraction of sp³-hybridized carbons (Fsp3) is 0.417. The molecular weight excluding hydrogens is 366 g/mol. The first-order valence-corrected chi connectivity index (χ1v) is 11.4. The average Bonchev–Trinajstić information content (AvgIpc) is 2.56. The monoisotopic (exact) mass is 397 g/mol. The van der Waals surface area contributed by atoms with Crippen LogP contribution in [0.1, 0.15) is 48.9 Å². The molecule has 0 unspecified atom stereocenters. The van der Waals surface area contributed by atoms with E-state index >= 15 is 0 Å². The summed E-state index contributed by atoms with van der Waals surface area (Å²) in [7, 11) is -3.60. The zero-order valence-electron chi connectivity index (χ0n) is 17.6. The lowest BCUT2D eigenvalue weighted by molar-refractivity contribution is 0.130. The van der Waals surface area contributed by atoms with Gasteiger partial charge in [-0.05, 0) is 61.8 Å². The van der Waals surface area contributed by atoms with Gasteiger partial charge in [-0.1, -0.05) is 68.5 Å². The molecule has 1 fully saturated rings. The summed E-state index contributed by atoms with van der Waals surface area (Å²) in [5, 5.41) is 0. The lowest BCUT2D eigenvalue weighted by atomic mass is 9.84. The first-order chi connectivity index (χ1) is 13.1. The zero-order chi connectivity index (χ0) is 20.6. The number of aryl methyl sites for hydroxylation is 3. The molecule has 0 saturated carbocycles. The van der Waals surface area contributed by atoms with Crippen LogP contribution in [0.2, 0.25) is 0 Å². The fourth-order valence-electron chi connectivity index (χ4n) is 4.51. The summed E-state index contributed by atoms with van der Waals surface area (Å²) >= 11 is 0. The van der Waals surface area contributed by atoms with Crippen molar-refractivity contribution in [2.24, 2.45) is 5.92 Å². The van der Waals surface area contributed by atoms with Gasteiger partial charge >= 0.3 is 0 Å². The van der Waals surface area contributed by atoms with Crippen molar-refractivity contribution in [2.75, 3.05) is 0 Å². The van der Waals surface area contributed by atoms with Crippen molar-refractivity contribution in [3.05, 3.63) is 71.3 Å². The lowest BCUT2D eigenvalue weighted by Crippen LogP contribution is -2.59. The number of hydrogen-bond donors (Lipinski definition) is 0. The molecule has 0 spiro atoms. The smallest absolute Gasteiger partial charge is 0.207 e. The highest BCUT2D eigenvalue weighted by Crippen LogP contribution is 2.43. The van der Waals surface area contributed by atoms with Crippen molar-refractivity contribution in [1.82, 2.24) is 4.31 Å². The summed E-state index contributed by atoms with van der Waals surface area (Å²) in [6.07, 6.45) is 1.69. The molecule has 2 aromatic rings. The molecule has 0 N–H and O–H groups in total. The maximum absolute atomic E-state index is 13.8. The molecule has 1 saturated heterocycles. The minimum atomic E-state index is -3.60. The Morgan fingerprint density at radius 3 is 2.21 bits per heavy atom. The topological polar surface area (TPSA) is 37.4 Å². The molecule has 1 aliphatic rings. The summed E-state index contributed by atoms with van der Waals surface area (Å²) in [5.74, 6) is 0.439. The van der Waals surface area contributed by atoms with E-state index in [-0.39, 0.29) is 12.1 Å². The van der Waals surface area contributed by atoms with E-state index in [2.05, 4.69) is 20.4 Å². The first-order valence-electron chi connectivity index (χ1n) is 9.98. The Morgan fingerprint density at radius 2 is 1.68 bits per heavy atom. The molecule has 28 heavy (non-hydrogen) atoms. The van der Waals surface area contributed by atoms with Gasteiger partial charge in [0.25, 0.3) is 0 Å². The summed E-state index contributed by atoms with van der Waals surface area (Å²) in [4.78, 5) is 0.456. The standard InChI is InChI=1S/C24H31NO2S/c1-16(2)12-22-15-23(20(6)21-10-8-7-9-11-21)25(22)28(26,27)24-18(4)13-17(3)14-19(24)5/h7-11,13-14,16,22-23H,6,12,15H2,1-5H3/t22-,23+/m0/s1. The van der Waals surface area contributed by atoms with Gasteiger partial charge in [0, 0.05) is 6.04 Å². The maximum Gasteiger partial charge on any atom is 0.244 e. The maximum atomic E-state index is 13.8. The highest BCUT2D eigenvalue weighted by Gasteiger charge is 2.48. The van der Waals surface area contributed by atoms with Crippen LogP contribution >= 0.6 is 0 Å². The van der Waals surface area contributed by atoms with E-state index in [1.54, 1.807) is 4.31 Å². The molecule has 4 heteroatoms. The number of nitrogens with zero attached hydrogens (tertiary/aromatic N) is 1. The van der Waals surface area contributed by atoms with E-state index in [0.29, 0.717) is 10.8 Å². The molecule has 3 rings (SSSR count). The fourth-order valence-corrected chi connectivity index (χ4v) is 6.76. The average molecular weight is 398 g/mol. The molecule has 2 aromatic carbocycles. The van der Waals surface area contributed by atoms with Gasteiger partial charge in [0.1, 0.15) is 0 Å². The van der Waals surface area contributed by atoms with Crippen molar-refractivity contribution in [3.8, 4) is 0 Å². The number of benzene rings is 2. The summed E-state index contributed by atoms with van der Waals surface area (Å²) in [5.41, 5.74) is 4.61. The Hall–Kier alpha value is -1.91. The van der Waals surface area contributed by atoms with E-state index in [1.165, 1.54) is 0 Å².